The van der Waals surface area contributed by atoms with Crippen LogP contribution in [0.3, 0.4) is 0 Å². The zero-order valence-electron chi connectivity index (χ0n) is 24.7. The topological polar surface area (TPSA) is 150 Å². The fraction of sp³-hybridized carbons (Fsp3) is 0.655. The van der Waals surface area contributed by atoms with Gasteiger partial charge < -0.3 is 34.2 Å². The fourth-order valence-corrected chi connectivity index (χ4v) is 3.14. The van der Waals surface area contributed by atoms with Crippen molar-refractivity contribution in [1.29, 1.82) is 0 Å². The summed E-state index contributed by atoms with van der Waals surface area (Å²) < 4.78 is 31.3. The number of rotatable bonds is 16. The lowest BCUT2D eigenvalue weighted by atomic mass is 10.1. The normalized spacial score (nSPS) is 13.2. The number of benzene rings is 1. The van der Waals surface area contributed by atoms with Gasteiger partial charge in [-0.15, -0.1) is 0 Å². The molecule has 0 aliphatic carbocycles. The summed E-state index contributed by atoms with van der Waals surface area (Å²) in [4.78, 5) is 48.9. The van der Waals surface area contributed by atoms with Crippen molar-refractivity contribution < 1.29 is 47.6 Å². The van der Waals surface area contributed by atoms with Gasteiger partial charge in [-0.1, -0.05) is 53.5 Å². The van der Waals surface area contributed by atoms with Crippen LogP contribution in [0.1, 0.15) is 79.7 Å². The summed E-state index contributed by atoms with van der Waals surface area (Å²) >= 11 is 0. The zero-order valence-corrected chi connectivity index (χ0v) is 24.7. The Morgan fingerprint density at radius 1 is 0.775 bits per heavy atom. The molecule has 0 heterocycles. The maximum Gasteiger partial charge on any atom is 0.513 e. The Kier molecular flexibility index (Phi) is 15.7. The Morgan fingerprint density at radius 3 is 1.88 bits per heavy atom. The van der Waals surface area contributed by atoms with Gasteiger partial charge in [0.1, 0.15) is 18.2 Å². The highest BCUT2D eigenvalue weighted by atomic mass is 16.7. The fourth-order valence-electron chi connectivity index (χ4n) is 3.14. The molecule has 0 spiro atoms. The minimum absolute atomic E-state index is 0.0201. The predicted molar refractivity (Wildman–Crippen MR) is 147 cm³/mol. The van der Waals surface area contributed by atoms with Crippen molar-refractivity contribution in [3.05, 3.63) is 23.8 Å². The summed E-state index contributed by atoms with van der Waals surface area (Å²) in [7, 11) is 0. The summed E-state index contributed by atoms with van der Waals surface area (Å²) in [6.45, 7) is 13.1. The smallest absolute Gasteiger partial charge is 0.459 e. The molecule has 0 aromatic heterocycles. The third kappa shape index (κ3) is 14.2. The quantitative estimate of drug-likeness (QED) is 0.119. The van der Waals surface area contributed by atoms with Crippen molar-refractivity contribution in [3.63, 3.8) is 0 Å². The Bertz CT molecular complexity index is 962. The maximum absolute atomic E-state index is 12.6. The summed E-state index contributed by atoms with van der Waals surface area (Å²) in [5, 5.41) is 0. The number of nitrogens with two attached hydrogens (primary N) is 1. The van der Waals surface area contributed by atoms with Crippen LogP contribution in [0.5, 0.6) is 11.5 Å². The molecule has 0 amide bonds. The van der Waals surface area contributed by atoms with Gasteiger partial charge in [-0.25, -0.2) is 9.59 Å². The average Bonchev–Trinajstić information content (AvgIpc) is 2.87. The van der Waals surface area contributed by atoms with E-state index in [-0.39, 0.29) is 48.9 Å². The number of carbonyl (C=O) groups is 4. The lowest BCUT2D eigenvalue weighted by molar-refractivity contribution is -0.166. The second-order valence-corrected chi connectivity index (χ2v) is 10.5. The molecule has 1 unspecified atom stereocenters. The van der Waals surface area contributed by atoms with E-state index in [4.69, 9.17) is 34.2 Å². The van der Waals surface area contributed by atoms with Crippen LogP contribution in [0.15, 0.2) is 18.2 Å². The van der Waals surface area contributed by atoms with E-state index in [1.54, 1.807) is 19.9 Å². The third-order valence-electron chi connectivity index (χ3n) is 5.49. The predicted octanol–water partition coefficient (Wildman–Crippen LogP) is 5.34. The first-order valence-corrected chi connectivity index (χ1v) is 13.8. The van der Waals surface area contributed by atoms with Crippen LogP contribution in [0.25, 0.3) is 0 Å². The molecule has 0 saturated heterocycles. The largest absolute Gasteiger partial charge is 0.513 e. The molecular formula is C29H45NO10. The molecule has 0 fully saturated rings. The van der Waals surface area contributed by atoms with Crippen molar-refractivity contribution in [1.82, 2.24) is 0 Å². The molecule has 1 aromatic carbocycles. The molecule has 11 nitrogen and oxygen atoms in total. The molecule has 0 saturated carbocycles. The summed E-state index contributed by atoms with van der Waals surface area (Å²) in [5.74, 6) is -1.04. The standard InChI is InChI=1S/C29H45NO10/c1-8-9-10-11-26(31)37-20(6)21(7)38-27(32)23(30)14-22-12-13-24(39-28(33)35-16-18(2)3)25(15-22)40-29(34)36-17-19(4)5/h12-13,15,18-21,23H,8-11,14,16-17,30H2,1-7H3/t20?,21-,23-/m0/s1. The second kappa shape index (κ2) is 18.1. The first kappa shape index (κ1) is 34.7. The molecule has 1 rings (SSSR count). The number of unbranched alkanes of at least 4 members (excludes halogenated alkanes) is 2. The molecule has 0 aliphatic heterocycles. The first-order valence-electron chi connectivity index (χ1n) is 13.8. The van der Waals surface area contributed by atoms with Crippen LogP contribution < -0.4 is 15.2 Å². The Hall–Kier alpha value is -3.34. The van der Waals surface area contributed by atoms with Crippen molar-refractivity contribution in [2.75, 3.05) is 13.2 Å². The molecule has 1 aromatic rings. The van der Waals surface area contributed by atoms with E-state index in [9.17, 15) is 19.2 Å². The number of carbonyl (C=O) groups excluding carboxylic acids is 4. The van der Waals surface area contributed by atoms with Crippen molar-refractivity contribution in [3.8, 4) is 11.5 Å². The molecule has 0 bridgehead atoms. The number of esters is 2. The Balaban J connectivity index is 2.87. The second-order valence-electron chi connectivity index (χ2n) is 10.5. The minimum Gasteiger partial charge on any atom is -0.459 e. The number of hydrogen-bond acceptors (Lipinski definition) is 11. The molecule has 3 atom stereocenters. The van der Waals surface area contributed by atoms with Crippen molar-refractivity contribution in [2.45, 2.75) is 98.8 Å². The SMILES string of the molecule is CCCCCC(=O)OC(C)[C@H](C)OC(=O)[C@@H](N)Cc1ccc(OC(=O)OCC(C)C)c(OC(=O)OCC(C)C)c1. The zero-order chi connectivity index (χ0) is 30.2. The molecule has 40 heavy (non-hydrogen) atoms. The van der Waals surface area contributed by atoms with Crippen LogP contribution in [0, 0.1) is 11.8 Å². The lowest BCUT2D eigenvalue weighted by Crippen LogP contribution is -2.39. The van der Waals surface area contributed by atoms with Gasteiger partial charge in [0, 0.05) is 6.42 Å². The maximum atomic E-state index is 12.6. The van der Waals surface area contributed by atoms with Crippen molar-refractivity contribution >= 4 is 24.2 Å². The van der Waals surface area contributed by atoms with Gasteiger partial charge in [-0.05, 0) is 56.2 Å². The summed E-state index contributed by atoms with van der Waals surface area (Å²) in [6.07, 6.45) is -0.307. The average molecular weight is 568 g/mol. The Labute approximate surface area is 236 Å². The van der Waals surface area contributed by atoms with E-state index in [0.29, 0.717) is 12.0 Å². The van der Waals surface area contributed by atoms with E-state index >= 15 is 0 Å². The van der Waals surface area contributed by atoms with E-state index in [2.05, 4.69) is 0 Å². The van der Waals surface area contributed by atoms with Gasteiger partial charge in [-0.2, -0.15) is 0 Å². The molecule has 0 aliphatic rings. The highest BCUT2D eigenvalue weighted by molar-refractivity contribution is 5.76. The highest BCUT2D eigenvalue weighted by Gasteiger charge is 2.25. The van der Waals surface area contributed by atoms with Gasteiger partial charge in [0.15, 0.2) is 11.5 Å². The van der Waals surface area contributed by atoms with Crippen LogP contribution in [0.2, 0.25) is 0 Å². The van der Waals surface area contributed by atoms with Gasteiger partial charge in [0.05, 0.1) is 13.2 Å². The van der Waals surface area contributed by atoms with Crippen LogP contribution >= 0.6 is 0 Å². The van der Waals surface area contributed by atoms with Gasteiger partial charge >= 0.3 is 24.2 Å². The molecule has 2 N–H and O–H groups in total. The monoisotopic (exact) mass is 567 g/mol. The first-order chi connectivity index (χ1) is 18.8. The third-order valence-corrected chi connectivity index (χ3v) is 5.49. The van der Waals surface area contributed by atoms with Gasteiger partial charge in [0.2, 0.25) is 0 Å². The number of hydrogen-bond donors (Lipinski definition) is 1. The molecular weight excluding hydrogens is 522 g/mol. The van der Waals surface area contributed by atoms with Crippen LogP contribution in [0.4, 0.5) is 9.59 Å². The molecule has 11 heteroatoms. The van der Waals surface area contributed by atoms with Crippen LogP contribution in [-0.2, 0) is 35.0 Å². The van der Waals surface area contributed by atoms with Gasteiger partial charge in [-0.3, -0.25) is 9.59 Å². The lowest BCUT2D eigenvalue weighted by Gasteiger charge is -2.22. The Morgan fingerprint density at radius 2 is 1.32 bits per heavy atom. The molecule has 226 valence electrons. The summed E-state index contributed by atoms with van der Waals surface area (Å²) in [5.41, 5.74) is 6.58. The van der Waals surface area contributed by atoms with E-state index in [1.807, 2.05) is 34.6 Å². The van der Waals surface area contributed by atoms with Crippen molar-refractivity contribution in [2.24, 2.45) is 17.6 Å². The van der Waals surface area contributed by atoms with Gasteiger partial charge in [0.25, 0.3) is 0 Å². The highest BCUT2D eigenvalue weighted by Crippen LogP contribution is 2.30. The minimum atomic E-state index is -1.07. The number of ether oxygens (including phenoxy) is 6. The van der Waals surface area contributed by atoms with E-state index in [0.717, 1.165) is 19.3 Å². The van der Waals surface area contributed by atoms with E-state index in [1.165, 1.54) is 12.1 Å². The molecule has 0 radical (unpaired) electrons. The summed E-state index contributed by atoms with van der Waals surface area (Å²) in [6, 6.07) is 3.31. The van der Waals surface area contributed by atoms with Crippen LogP contribution in [-0.4, -0.2) is 55.7 Å². The van der Waals surface area contributed by atoms with E-state index < -0.39 is 36.5 Å².